The van der Waals surface area contributed by atoms with Crippen LogP contribution in [-0.4, -0.2) is 6.29 Å². The molecule has 1 nitrogen and oxygen atoms in total. The summed E-state index contributed by atoms with van der Waals surface area (Å²) in [6.45, 7) is 4.36. The maximum Gasteiger partial charge on any atom is 0.123 e. The van der Waals surface area contributed by atoms with Crippen LogP contribution in [0.25, 0.3) is 0 Å². The Morgan fingerprint density at radius 2 is 1.82 bits per heavy atom. The lowest BCUT2D eigenvalue weighted by molar-refractivity contribution is -0.112. The Bertz CT molecular complexity index is 123. The lowest BCUT2D eigenvalue weighted by Gasteiger charge is -2.27. The zero-order valence-electron chi connectivity index (χ0n) is 7.55. The number of rotatable bonds is 2. The average Bonchev–Trinajstić information content (AvgIpc) is 2.05. The highest BCUT2D eigenvalue weighted by Crippen LogP contribution is 2.32. The quantitative estimate of drug-likeness (QED) is 0.559. The second-order valence-corrected chi connectivity index (χ2v) is 4.02. The summed E-state index contributed by atoms with van der Waals surface area (Å²) in [4.78, 5) is 10.5. The fourth-order valence-corrected chi connectivity index (χ4v) is 1.92. The molecule has 0 heterocycles. The Morgan fingerprint density at radius 1 is 1.27 bits per heavy atom. The average molecular weight is 154 g/mol. The Kier molecular flexibility index (Phi) is 3.10. The van der Waals surface area contributed by atoms with Gasteiger partial charge >= 0.3 is 0 Å². The second-order valence-electron chi connectivity index (χ2n) is 4.02. The summed E-state index contributed by atoms with van der Waals surface area (Å²) in [7, 11) is 0. The highest BCUT2D eigenvalue weighted by atomic mass is 16.1. The molecule has 0 aromatic rings. The van der Waals surface area contributed by atoms with Gasteiger partial charge in [-0.3, -0.25) is 0 Å². The molecule has 0 amide bonds. The summed E-state index contributed by atoms with van der Waals surface area (Å²) in [6, 6.07) is 0. The van der Waals surface area contributed by atoms with E-state index in [4.69, 9.17) is 0 Å². The van der Waals surface area contributed by atoms with E-state index in [1.165, 1.54) is 25.7 Å². The lowest BCUT2D eigenvalue weighted by atomic mass is 9.77. The van der Waals surface area contributed by atoms with E-state index in [1.807, 2.05) is 6.92 Å². The van der Waals surface area contributed by atoms with Crippen LogP contribution < -0.4 is 0 Å². The molecule has 1 unspecified atom stereocenters. The minimum Gasteiger partial charge on any atom is -0.303 e. The van der Waals surface area contributed by atoms with Gasteiger partial charge in [0.15, 0.2) is 0 Å². The molecule has 1 heteroatoms. The first-order valence-corrected chi connectivity index (χ1v) is 4.69. The molecule has 1 saturated carbocycles. The Morgan fingerprint density at radius 3 is 2.27 bits per heavy atom. The third-order valence-electron chi connectivity index (χ3n) is 3.02. The van der Waals surface area contributed by atoms with Gasteiger partial charge in [0.2, 0.25) is 0 Å². The van der Waals surface area contributed by atoms with Gasteiger partial charge < -0.3 is 4.79 Å². The van der Waals surface area contributed by atoms with Gasteiger partial charge in [-0.05, 0) is 24.7 Å². The number of carbonyl (C=O) groups excluding carboxylic acids is 1. The first kappa shape index (κ1) is 8.76. The van der Waals surface area contributed by atoms with E-state index in [0.29, 0.717) is 11.8 Å². The molecule has 0 N–H and O–H groups in total. The molecule has 1 aliphatic rings. The summed E-state index contributed by atoms with van der Waals surface area (Å²) in [5.41, 5.74) is 0. The van der Waals surface area contributed by atoms with Crippen LogP contribution in [0.4, 0.5) is 0 Å². The summed E-state index contributed by atoms with van der Waals surface area (Å²) in [5.74, 6) is 1.87. The van der Waals surface area contributed by atoms with E-state index in [9.17, 15) is 4.79 Å². The minimum atomic E-state index is 0.294. The fraction of sp³-hybridized carbons (Fsp3) is 0.900. The molecule has 1 rings (SSSR count). The van der Waals surface area contributed by atoms with Gasteiger partial charge in [0.1, 0.15) is 6.29 Å². The van der Waals surface area contributed by atoms with Gasteiger partial charge in [0.25, 0.3) is 0 Å². The molecule has 0 bridgehead atoms. The number of hydrogen-bond donors (Lipinski definition) is 0. The van der Waals surface area contributed by atoms with Gasteiger partial charge in [-0.15, -0.1) is 0 Å². The molecule has 11 heavy (non-hydrogen) atoms. The Balaban J connectivity index is 2.32. The van der Waals surface area contributed by atoms with E-state index in [-0.39, 0.29) is 0 Å². The molecule has 0 aliphatic heterocycles. The van der Waals surface area contributed by atoms with Gasteiger partial charge in [-0.2, -0.15) is 0 Å². The van der Waals surface area contributed by atoms with Gasteiger partial charge in [-0.1, -0.05) is 26.7 Å². The number of carbonyl (C=O) groups is 1. The van der Waals surface area contributed by atoms with Crippen molar-refractivity contribution >= 4 is 6.29 Å². The van der Waals surface area contributed by atoms with Crippen LogP contribution in [0.5, 0.6) is 0 Å². The molecule has 1 aliphatic carbocycles. The lowest BCUT2D eigenvalue weighted by Crippen LogP contribution is -2.19. The Labute approximate surface area is 69.2 Å². The van der Waals surface area contributed by atoms with Gasteiger partial charge in [0, 0.05) is 5.92 Å². The van der Waals surface area contributed by atoms with E-state index in [1.54, 1.807) is 0 Å². The smallest absolute Gasteiger partial charge is 0.123 e. The summed E-state index contributed by atoms with van der Waals surface area (Å²) in [5, 5.41) is 0. The van der Waals surface area contributed by atoms with Crippen molar-refractivity contribution in [2.45, 2.75) is 39.5 Å². The zero-order valence-corrected chi connectivity index (χ0v) is 7.55. The van der Waals surface area contributed by atoms with Crippen molar-refractivity contribution in [1.29, 1.82) is 0 Å². The van der Waals surface area contributed by atoms with Crippen LogP contribution in [0.15, 0.2) is 0 Å². The van der Waals surface area contributed by atoms with E-state index < -0.39 is 0 Å². The van der Waals surface area contributed by atoms with Crippen LogP contribution in [0.3, 0.4) is 0 Å². The number of aldehydes is 1. The first-order chi connectivity index (χ1) is 5.24. The van der Waals surface area contributed by atoms with Crippen molar-refractivity contribution in [3.63, 3.8) is 0 Å². The predicted molar refractivity (Wildman–Crippen MR) is 46.4 cm³/mol. The van der Waals surface area contributed by atoms with Crippen molar-refractivity contribution in [3.8, 4) is 0 Å². The summed E-state index contributed by atoms with van der Waals surface area (Å²) >= 11 is 0. The van der Waals surface area contributed by atoms with Crippen LogP contribution in [-0.2, 0) is 4.79 Å². The zero-order chi connectivity index (χ0) is 8.27. The maximum absolute atomic E-state index is 10.5. The van der Waals surface area contributed by atoms with Crippen molar-refractivity contribution in [1.82, 2.24) is 0 Å². The molecular weight excluding hydrogens is 136 g/mol. The topological polar surface area (TPSA) is 17.1 Å². The van der Waals surface area contributed by atoms with Crippen molar-refractivity contribution < 1.29 is 4.79 Å². The van der Waals surface area contributed by atoms with Crippen LogP contribution in [0.2, 0.25) is 0 Å². The van der Waals surface area contributed by atoms with E-state index in [0.717, 1.165) is 12.2 Å². The van der Waals surface area contributed by atoms with Gasteiger partial charge in [-0.25, -0.2) is 0 Å². The van der Waals surface area contributed by atoms with E-state index >= 15 is 0 Å². The molecule has 0 spiro atoms. The summed E-state index contributed by atoms with van der Waals surface area (Å²) < 4.78 is 0. The minimum absolute atomic E-state index is 0.294. The molecule has 64 valence electrons. The molecule has 0 saturated heterocycles. The SMILES string of the molecule is CC1CCC(C(C)C=O)CC1. The van der Waals surface area contributed by atoms with Crippen molar-refractivity contribution in [2.75, 3.05) is 0 Å². The summed E-state index contributed by atoms with van der Waals surface area (Å²) in [6.07, 6.45) is 6.29. The standard InChI is InChI=1S/C10H18O/c1-8-3-5-10(6-4-8)9(2)7-11/h7-10H,3-6H2,1-2H3. The molecule has 0 radical (unpaired) electrons. The monoisotopic (exact) mass is 154 g/mol. The molecule has 0 aromatic carbocycles. The largest absolute Gasteiger partial charge is 0.303 e. The molecular formula is C10H18O. The van der Waals surface area contributed by atoms with Crippen molar-refractivity contribution in [2.24, 2.45) is 17.8 Å². The third kappa shape index (κ3) is 2.32. The van der Waals surface area contributed by atoms with Crippen LogP contribution in [0, 0.1) is 17.8 Å². The predicted octanol–water partition coefficient (Wildman–Crippen LogP) is 2.65. The highest BCUT2D eigenvalue weighted by molar-refractivity contribution is 5.53. The second kappa shape index (κ2) is 3.89. The van der Waals surface area contributed by atoms with Crippen LogP contribution in [0.1, 0.15) is 39.5 Å². The number of hydrogen-bond acceptors (Lipinski definition) is 1. The first-order valence-electron chi connectivity index (χ1n) is 4.69. The Hall–Kier alpha value is -0.330. The van der Waals surface area contributed by atoms with Gasteiger partial charge in [0.05, 0.1) is 0 Å². The molecule has 1 fully saturated rings. The van der Waals surface area contributed by atoms with Crippen molar-refractivity contribution in [3.05, 3.63) is 0 Å². The normalized spacial score (nSPS) is 34.7. The highest BCUT2D eigenvalue weighted by Gasteiger charge is 2.22. The molecule has 1 atom stereocenters. The van der Waals surface area contributed by atoms with Crippen LogP contribution >= 0.6 is 0 Å². The third-order valence-corrected chi connectivity index (χ3v) is 3.02. The fourth-order valence-electron chi connectivity index (χ4n) is 1.92. The molecule has 0 aromatic heterocycles. The maximum atomic E-state index is 10.5. The van der Waals surface area contributed by atoms with E-state index in [2.05, 4.69) is 6.92 Å².